The van der Waals surface area contributed by atoms with Crippen molar-refractivity contribution < 1.29 is 14.6 Å². The number of benzene rings is 1. The first kappa shape index (κ1) is 19.5. The van der Waals surface area contributed by atoms with Gasteiger partial charge in [0.1, 0.15) is 17.4 Å². The number of hydrogen-bond donors (Lipinski definition) is 3. The molecular weight excluding hydrogens is 306 g/mol. The van der Waals surface area contributed by atoms with Gasteiger partial charge in [-0.1, -0.05) is 17.7 Å². The summed E-state index contributed by atoms with van der Waals surface area (Å²) in [4.78, 5) is 12.2. The van der Waals surface area contributed by atoms with Crippen molar-refractivity contribution in [3.63, 3.8) is 0 Å². The van der Waals surface area contributed by atoms with Crippen molar-refractivity contribution in [3.8, 4) is 11.8 Å². The molecule has 2 unspecified atom stereocenters. The zero-order chi connectivity index (χ0) is 18.1. The lowest BCUT2D eigenvalue weighted by atomic mass is 10.0. The molecule has 0 spiro atoms. The normalized spacial score (nSPS) is 13.6. The standard InChI is InChI=1S/C18H25N3O3/c1-5-24-17-7-6-12(2)8-16(17)14(4)21-18(23)15(9-19)11-20-10-13(3)22/h6-8,11,13-14,20,22H,5,10H2,1-4H3,(H,21,23)/b15-11-. The van der Waals surface area contributed by atoms with Gasteiger partial charge in [-0.15, -0.1) is 0 Å². The van der Waals surface area contributed by atoms with Crippen LogP contribution in [-0.4, -0.2) is 30.3 Å². The number of nitrogens with one attached hydrogen (secondary N) is 2. The fraction of sp³-hybridized carbons (Fsp3) is 0.444. The lowest BCUT2D eigenvalue weighted by Crippen LogP contribution is -2.29. The second-order valence-electron chi connectivity index (χ2n) is 5.60. The van der Waals surface area contributed by atoms with E-state index in [2.05, 4.69) is 10.6 Å². The van der Waals surface area contributed by atoms with E-state index in [4.69, 9.17) is 10.00 Å². The molecule has 3 N–H and O–H groups in total. The van der Waals surface area contributed by atoms with Crippen LogP contribution >= 0.6 is 0 Å². The van der Waals surface area contributed by atoms with Gasteiger partial charge in [-0.3, -0.25) is 4.79 Å². The molecular formula is C18H25N3O3. The number of aliphatic hydroxyl groups excluding tert-OH is 1. The molecule has 0 aromatic heterocycles. The quantitative estimate of drug-likeness (QED) is 0.500. The van der Waals surface area contributed by atoms with Crippen molar-refractivity contribution in [2.45, 2.75) is 39.8 Å². The Bertz CT molecular complexity index is 633. The minimum absolute atomic E-state index is 0.0480. The highest BCUT2D eigenvalue weighted by atomic mass is 16.5. The molecule has 1 amide bonds. The zero-order valence-electron chi connectivity index (χ0n) is 14.6. The van der Waals surface area contributed by atoms with E-state index in [-0.39, 0.29) is 18.2 Å². The van der Waals surface area contributed by atoms with Crippen molar-refractivity contribution >= 4 is 5.91 Å². The van der Waals surface area contributed by atoms with Gasteiger partial charge in [0, 0.05) is 18.3 Å². The highest BCUT2D eigenvalue weighted by Gasteiger charge is 2.17. The molecule has 0 fully saturated rings. The molecule has 24 heavy (non-hydrogen) atoms. The Labute approximate surface area is 143 Å². The second kappa shape index (κ2) is 9.58. The molecule has 2 atom stereocenters. The van der Waals surface area contributed by atoms with Gasteiger partial charge in [0.2, 0.25) is 0 Å². The summed E-state index contributed by atoms with van der Waals surface area (Å²) in [5.41, 5.74) is 1.87. The Morgan fingerprint density at radius 2 is 2.17 bits per heavy atom. The number of nitrogens with zero attached hydrogens (tertiary/aromatic N) is 1. The average Bonchev–Trinajstić information content (AvgIpc) is 2.53. The lowest BCUT2D eigenvalue weighted by Gasteiger charge is -2.18. The van der Waals surface area contributed by atoms with Crippen LogP contribution in [0, 0.1) is 18.3 Å². The van der Waals surface area contributed by atoms with Crippen molar-refractivity contribution in [2.24, 2.45) is 0 Å². The number of amides is 1. The first-order valence-corrected chi connectivity index (χ1v) is 7.95. The van der Waals surface area contributed by atoms with Crippen LogP contribution in [0.3, 0.4) is 0 Å². The van der Waals surface area contributed by atoms with Crippen LogP contribution in [0.15, 0.2) is 30.0 Å². The maximum atomic E-state index is 12.2. The first-order valence-electron chi connectivity index (χ1n) is 7.95. The maximum Gasteiger partial charge on any atom is 0.263 e. The molecule has 0 saturated heterocycles. The minimum atomic E-state index is -0.566. The van der Waals surface area contributed by atoms with Gasteiger partial charge in [0.05, 0.1) is 18.8 Å². The summed E-state index contributed by atoms with van der Waals surface area (Å²) in [6.07, 6.45) is 0.748. The summed E-state index contributed by atoms with van der Waals surface area (Å²) < 4.78 is 5.60. The molecule has 0 aliphatic carbocycles. The highest BCUT2D eigenvalue weighted by Crippen LogP contribution is 2.26. The number of carbonyl (C=O) groups is 1. The van der Waals surface area contributed by atoms with E-state index in [1.54, 1.807) is 6.92 Å². The van der Waals surface area contributed by atoms with Gasteiger partial charge >= 0.3 is 0 Å². The van der Waals surface area contributed by atoms with Gasteiger partial charge in [0.15, 0.2) is 0 Å². The molecule has 0 bridgehead atoms. The van der Waals surface area contributed by atoms with E-state index in [1.807, 2.05) is 45.0 Å². The van der Waals surface area contributed by atoms with Crippen LogP contribution < -0.4 is 15.4 Å². The molecule has 6 nitrogen and oxygen atoms in total. The van der Waals surface area contributed by atoms with Crippen LogP contribution in [0.4, 0.5) is 0 Å². The molecule has 1 aromatic rings. The molecule has 6 heteroatoms. The number of nitriles is 1. The van der Waals surface area contributed by atoms with Crippen LogP contribution in [0.5, 0.6) is 5.75 Å². The van der Waals surface area contributed by atoms with E-state index < -0.39 is 12.0 Å². The van der Waals surface area contributed by atoms with Crippen molar-refractivity contribution in [1.29, 1.82) is 5.26 Å². The molecule has 0 radical (unpaired) electrons. The summed E-state index contributed by atoms with van der Waals surface area (Å²) >= 11 is 0. The largest absolute Gasteiger partial charge is 0.494 e. The van der Waals surface area contributed by atoms with Crippen LogP contribution in [-0.2, 0) is 4.79 Å². The first-order chi connectivity index (χ1) is 11.4. The number of aliphatic hydroxyl groups is 1. The lowest BCUT2D eigenvalue weighted by molar-refractivity contribution is -0.117. The summed E-state index contributed by atoms with van der Waals surface area (Å²) in [5, 5.41) is 23.9. The topological polar surface area (TPSA) is 94.4 Å². The Kier molecular flexibility index (Phi) is 7.80. The number of hydrogen-bond acceptors (Lipinski definition) is 5. The molecule has 0 saturated carbocycles. The van der Waals surface area contributed by atoms with Crippen LogP contribution in [0.1, 0.15) is 37.9 Å². The van der Waals surface area contributed by atoms with E-state index in [0.717, 1.165) is 11.1 Å². The Hall–Kier alpha value is -2.52. The van der Waals surface area contributed by atoms with Crippen molar-refractivity contribution in [1.82, 2.24) is 10.6 Å². The van der Waals surface area contributed by atoms with Gasteiger partial charge in [-0.2, -0.15) is 5.26 Å². The van der Waals surface area contributed by atoms with Gasteiger partial charge in [-0.25, -0.2) is 0 Å². The molecule has 1 aromatic carbocycles. The third kappa shape index (κ3) is 5.94. The van der Waals surface area contributed by atoms with Crippen molar-refractivity contribution in [3.05, 3.63) is 41.1 Å². The van der Waals surface area contributed by atoms with E-state index >= 15 is 0 Å². The number of rotatable bonds is 8. The van der Waals surface area contributed by atoms with Crippen LogP contribution in [0.2, 0.25) is 0 Å². The highest BCUT2D eigenvalue weighted by molar-refractivity contribution is 5.97. The van der Waals surface area contributed by atoms with Gasteiger partial charge < -0.3 is 20.5 Å². The fourth-order valence-electron chi connectivity index (χ4n) is 2.13. The predicted molar refractivity (Wildman–Crippen MR) is 92.3 cm³/mol. The van der Waals surface area contributed by atoms with E-state index in [9.17, 15) is 9.90 Å². The van der Waals surface area contributed by atoms with Gasteiger partial charge in [-0.05, 0) is 33.8 Å². The third-order valence-corrected chi connectivity index (χ3v) is 3.30. The van der Waals surface area contributed by atoms with Crippen molar-refractivity contribution in [2.75, 3.05) is 13.2 Å². The van der Waals surface area contributed by atoms with E-state index in [0.29, 0.717) is 12.4 Å². The fourth-order valence-corrected chi connectivity index (χ4v) is 2.13. The number of carbonyl (C=O) groups excluding carboxylic acids is 1. The molecule has 130 valence electrons. The molecule has 0 aliphatic heterocycles. The predicted octanol–water partition coefficient (Wildman–Crippen LogP) is 1.95. The van der Waals surface area contributed by atoms with Gasteiger partial charge in [0.25, 0.3) is 5.91 Å². The third-order valence-electron chi connectivity index (χ3n) is 3.30. The molecule has 1 rings (SSSR count). The summed E-state index contributed by atoms with van der Waals surface area (Å²) in [7, 11) is 0. The smallest absolute Gasteiger partial charge is 0.263 e. The monoisotopic (exact) mass is 331 g/mol. The summed E-state index contributed by atoms with van der Waals surface area (Å²) in [5.74, 6) is 0.234. The Morgan fingerprint density at radius 1 is 1.46 bits per heavy atom. The molecule has 0 heterocycles. The minimum Gasteiger partial charge on any atom is -0.494 e. The summed E-state index contributed by atoms with van der Waals surface area (Å²) in [6.45, 7) is 8.12. The SMILES string of the molecule is CCOc1ccc(C)cc1C(C)NC(=O)/C(C#N)=C\NCC(C)O. The average molecular weight is 331 g/mol. The van der Waals surface area contributed by atoms with Crippen LogP contribution in [0.25, 0.3) is 0 Å². The summed E-state index contributed by atoms with van der Waals surface area (Å²) in [6, 6.07) is 7.33. The van der Waals surface area contributed by atoms with E-state index in [1.165, 1.54) is 6.20 Å². The number of aryl methyl sites for hydroxylation is 1. The maximum absolute atomic E-state index is 12.2. The Balaban J connectivity index is 2.86. The Morgan fingerprint density at radius 3 is 2.75 bits per heavy atom. The second-order valence-corrected chi connectivity index (χ2v) is 5.60. The zero-order valence-corrected chi connectivity index (χ0v) is 14.6. The molecule has 0 aliphatic rings. The number of ether oxygens (including phenoxy) is 1.